The first-order chi connectivity index (χ1) is 8.63. The molecule has 2 rings (SSSR count). The Balaban J connectivity index is 2.32. The molecule has 1 aromatic carbocycles. The Kier molecular flexibility index (Phi) is 3.69. The highest BCUT2D eigenvalue weighted by Crippen LogP contribution is 2.24. The monoisotopic (exact) mass is 251 g/mol. The predicted octanol–water partition coefficient (Wildman–Crippen LogP) is -0.435. The Bertz CT molecular complexity index is 450. The van der Waals surface area contributed by atoms with Crippen LogP contribution >= 0.6 is 0 Å². The van der Waals surface area contributed by atoms with Crippen LogP contribution in [0, 0.1) is 0 Å². The van der Waals surface area contributed by atoms with Gasteiger partial charge in [0.2, 0.25) is 0 Å². The molecule has 1 heterocycles. The summed E-state index contributed by atoms with van der Waals surface area (Å²) >= 11 is 0. The van der Waals surface area contributed by atoms with Gasteiger partial charge in [0.25, 0.3) is 5.91 Å². The van der Waals surface area contributed by atoms with Crippen LogP contribution in [0.15, 0.2) is 18.2 Å². The minimum absolute atomic E-state index is 0.00369. The minimum atomic E-state index is -0.553. The van der Waals surface area contributed by atoms with Gasteiger partial charge >= 0.3 is 0 Å². The van der Waals surface area contributed by atoms with E-state index in [2.05, 4.69) is 0 Å². The molecule has 6 nitrogen and oxygen atoms in total. The first kappa shape index (κ1) is 12.7. The highest BCUT2D eigenvalue weighted by atomic mass is 16.5. The Morgan fingerprint density at radius 2 is 2.33 bits per heavy atom. The lowest BCUT2D eigenvalue weighted by Crippen LogP contribution is -2.47. The maximum atomic E-state index is 11.3. The number of nitrogens with zero attached hydrogens (tertiary/aromatic N) is 1. The number of benzene rings is 1. The van der Waals surface area contributed by atoms with Gasteiger partial charge in [-0.15, -0.1) is 0 Å². The number of hydrogen-bond acceptors (Lipinski definition) is 5. The topological polar surface area (TPSA) is 102 Å². The number of nitrogen functional groups attached to an aromatic ring is 1. The molecule has 1 fully saturated rings. The van der Waals surface area contributed by atoms with Crippen LogP contribution in [0.2, 0.25) is 0 Å². The largest absolute Gasteiger partial charge is 0.398 e. The van der Waals surface area contributed by atoms with Crippen LogP contribution in [0.3, 0.4) is 0 Å². The number of primary amides is 1. The molecule has 0 spiro atoms. The molecule has 0 saturated carbocycles. The first-order valence-electron chi connectivity index (χ1n) is 5.78. The zero-order valence-electron chi connectivity index (χ0n) is 10.0. The van der Waals surface area contributed by atoms with Crippen molar-refractivity contribution in [2.45, 2.75) is 6.04 Å². The molecule has 0 radical (unpaired) electrons. The molecular formula is C12H17N3O3. The fraction of sp³-hybridized carbons (Fsp3) is 0.417. The molecule has 5 N–H and O–H groups in total. The van der Waals surface area contributed by atoms with E-state index in [0.29, 0.717) is 31.0 Å². The van der Waals surface area contributed by atoms with Gasteiger partial charge in [-0.1, -0.05) is 0 Å². The number of aliphatic hydroxyl groups is 1. The van der Waals surface area contributed by atoms with Crippen molar-refractivity contribution < 1.29 is 14.6 Å². The second-order valence-electron chi connectivity index (χ2n) is 4.24. The van der Waals surface area contributed by atoms with E-state index in [1.165, 1.54) is 0 Å². The lowest BCUT2D eigenvalue weighted by molar-refractivity contribution is 0.0727. The second kappa shape index (κ2) is 5.24. The molecule has 1 aliphatic heterocycles. The summed E-state index contributed by atoms with van der Waals surface area (Å²) in [5.74, 6) is -0.553. The molecule has 0 aliphatic carbocycles. The third-order valence-corrected chi connectivity index (χ3v) is 3.07. The molecule has 0 bridgehead atoms. The van der Waals surface area contributed by atoms with Crippen LogP contribution in [0.25, 0.3) is 0 Å². The van der Waals surface area contributed by atoms with Gasteiger partial charge < -0.3 is 26.2 Å². The van der Waals surface area contributed by atoms with E-state index in [4.69, 9.17) is 16.2 Å². The van der Waals surface area contributed by atoms with Crippen molar-refractivity contribution >= 4 is 17.3 Å². The zero-order valence-corrected chi connectivity index (χ0v) is 10.0. The summed E-state index contributed by atoms with van der Waals surface area (Å²) < 4.78 is 5.31. The molecule has 6 heteroatoms. The molecule has 1 atom stereocenters. The number of morpholine rings is 1. The molecule has 1 aromatic rings. The van der Waals surface area contributed by atoms with E-state index in [0.717, 1.165) is 5.69 Å². The van der Waals surface area contributed by atoms with Crippen molar-refractivity contribution in [2.24, 2.45) is 5.73 Å². The smallest absolute Gasteiger partial charge is 0.250 e. The lowest BCUT2D eigenvalue weighted by Gasteiger charge is -2.36. The van der Waals surface area contributed by atoms with Crippen LogP contribution in [0.4, 0.5) is 11.4 Å². The highest BCUT2D eigenvalue weighted by molar-refractivity contribution is 5.99. The number of carbonyl (C=O) groups is 1. The van der Waals surface area contributed by atoms with Crippen LogP contribution in [0.5, 0.6) is 0 Å². The van der Waals surface area contributed by atoms with E-state index in [-0.39, 0.29) is 12.6 Å². The Morgan fingerprint density at radius 3 is 3.00 bits per heavy atom. The van der Waals surface area contributed by atoms with Crippen LogP contribution in [-0.2, 0) is 4.74 Å². The molecule has 1 saturated heterocycles. The van der Waals surface area contributed by atoms with Gasteiger partial charge in [0, 0.05) is 17.9 Å². The molecule has 98 valence electrons. The van der Waals surface area contributed by atoms with Crippen molar-refractivity contribution in [3.63, 3.8) is 0 Å². The van der Waals surface area contributed by atoms with Crippen molar-refractivity contribution in [3.8, 4) is 0 Å². The molecule has 1 amide bonds. The van der Waals surface area contributed by atoms with Crippen LogP contribution < -0.4 is 16.4 Å². The van der Waals surface area contributed by atoms with Crippen molar-refractivity contribution in [1.29, 1.82) is 0 Å². The number of nitrogens with two attached hydrogens (primary N) is 2. The normalized spacial score (nSPS) is 19.8. The lowest BCUT2D eigenvalue weighted by atomic mass is 10.1. The van der Waals surface area contributed by atoms with Gasteiger partial charge in [-0.25, -0.2) is 0 Å². The van der Waals surface area contributed by atoms with Crippen LogP contribution in [-0.4, -0.2) is 43.4 Å². The molecule has 0 aromatic heterocycles. The SMILES string of the molecule is NC(=O)c1cc(N2CCOCC2CO)ccc1N. The summed E-state index contributed by atoms with van der Waals surface area (Å²) in [4.78, 5) is 13.3. The van der Waals surface area contributed by atoms with E-state index in [1.807, 2.05) is 11.0 Å². The third-order valence-electron chi connectivity index (χ3n) is 3.07. The fourth-order valence-corrected chi connectivity index (χ4v) is 2.08. The maximum Gasteiger partial charge on any atom is 0.250 e. The van der Waals surface area contributed by atoms with Gasteiger partial charge in [0.15, 0.2) is 0 Å². The Morgan fingerprint density at radius 1 is 1.56 bits per heavy atom. The molecular weight excluding hydrogens is 234 g/mol. The number of hydrogen-bond donors (Lipinski definition) is 3. The number of anilines is 2. The average Bonchev–Trinajstić information content (AvgIpc) is 2.39. The Hall–Kier alpha value is -1.79. The highest BCUT2D eigenvalue weighted by Gasteiger charge is 2.23. The number of amides is 1. The average molecular weight is 251 g/mol. The van der Waals surface area contributed by atoms with Crippen molar-refractivity contribution in [3.05, 3.63) is 23.8 Å². The summed E-state index contributed by atoms with van der Waals surface area (Å²) in [6.45, 7) is 1.71. The second-order valence-corrected chi connectivity index (χ2v) is 4.24. The maximum absolute atomic E-state index is 11.3. The molecule has 1 aliphatic rings. The summed E-state index contributed by atoms with van der Waals surface area (Å²) in [5.41, 5.74) is 12.4. The minimum Gasteiger partial charge on any atom is -0.398 e. The fourth-order valence-electron chi connectivity index (χ4n) is 2.08. The first-order valence-corrected chi connectivity index (χ1v) is 5.78. The van der Waals surface area contributed by atoms with E-state index in [1.54, 1.807) is 12.1 Å². The quantitative estimate of drug-likeness (QED) is 0.632. The molecule has 1 unspecified atom stereocenters. The number of carbonyl (C=O) groups excluding carboxylic acids is 1. The summed E-state index contributed by atoms with van der Waals surface area (Å²) in [5, 5.41) is 9.32. The third kappa shape index (κ3) is 2.39. The van der Waals surface area contributed by atoms with Gasteiger partial charge in [0.05, 0.1) is 31.4 Å². The van der Waals surface area contributed by atoms with E-state index >= 15 is 0 Å². The van der Waals surface area contributed by atoms with E-state index < -0.39 is 5.91 Å². The van der Waals surface area contributed by atoms with Gasteiger partial charge in [0.1, 0.15) is 0 Å². The van der Waals surface area contributed by atoms with Gasteiger partial charge in [-0.2, -0.15) is 0 Å². The summed E-state index contributed by atoms with van der Waals surface area (Å²) in [6.07, 6.45) is 0. The summed E-state index contributed by atoms with van der Waals surface area (Å²) in [6, 6.07) is 5.02. The standard InChI is InChI=1S/C12H17N3O3/c13-11-2-1-8(5-10(11)12(14)17)15-3-4-18-7-9(15)6-16/h1-2,5,9,16H,3-4,6-7,13H2,(H2,14,17). The number of rotatable bonds is 3. The van der Waals surface area contributed by atoms with Gasteiger partial charge in [-0.3, -0.25) is 4.79 Å². The number of ether oxygens (including phenoxy) is 1. The van der Waals surface area contributed by atoms with Crippen LogP contribution in [0.1, 0.15) is 10.4 Å². The van der Waals surface area contributed by atoms with Crippen molar-refractivity contribution in [2.75, 3.05) is 37.0 Å². The zero-order chi connectivity index (χ0) is 13.1. The summed E-state index contributed by atoms with van der Waals surface area (Å²) in [7, 11) is 0. The predicted molar refractivity (Wildman–Crippen MR) is 68.4 cm³/mol. The van der Waals surface area contributed by atoms with E-state index in [9.17, 15) is 9.90 Å². The van der Waals surface area contributed by atoms with Gasteiger partial charge in [-0.05, 0) is 18.2 Å². The Labute approximate surface area is 105 Å². The number of aliphatic hydroxyl groups excluding tert-OH is 1. The van der Waals surface area contributed by atoms with Crippen molar-refractivity contribution in [1.82, 2.24) is 0 Å². The molecule has 18 heavy (non-hydrogen) atoms.